The Labute approximate surface area is 131 Å². The van der Waals surface area contributed by atoms with Crippen LogP contribution in [0.1, 0.15) is 48.9 Å². The zero-order valence-corrected chi connectivity index (χ0v) is 13.2. The second-order valence-electron chi connectivity index (χ2n) is 5.74. The number of hydrogen-bond donors (Lipinski definition) is 2. The number of nitrogens with one attached hydrogen (secondary N) is 2. The lowest BCUT2D eigenvalue weighted by molar-refractivity contribution is 0.0950. The molecule has 0 bridgehead atoms. The molecule has 0 atom stereocenters. The molecule has 1 fully saturated rings. The number of carbonyl (C=O) groups excluding carboxylic acids is 1. The molecule has 4 nitrogen and oxygen atoms in total. The highest BCUT2D eigenvalue weighted by atomic mass is 19.1. The zero-order chi connectivity index (χ0) is 15.8. The van der Waals surface area contributed by atoms with Gasteiger partial charge < -0.3 is 15.4 Å². The highest BCUT2D eigenvalue weighted by molar-refractivity contribution is 5.96. The quantitative estimate of drug-likeness (QED) is 0.627. The molecule has 0 heterocycles. The van der Waals surface area contributed by atoms with Gasteiger partial charge in [0, 0.05) is 19.1 Å². The third kappa shape index (κ3) is 4.98. The van der Waals surface area contributed by atoms with Crippen molar-refractivity contribution < 1.29 is 13.9 Å². The Balaban J connectivity index is 1.76. The molecule has 0 aliphatic heterocycles. The molecular formula is C17H25FN2O2. The molecule has 1 amide bonds. The highest BCUT2D eigenvalue weighted by Gasteiger charge is 2.14. The predicted molar refractivity (Wildman–Crippen MR) is 84.8 cm³/mol. The van der Waals surface area contributed by atoms with E-state index in [2.05, 4.69) is 10.6 Å². The smallest absolute Gasteiger partial charge is 0.255 e. The van der Waals surface area contributed by atoms with Crippen LogP contribution in [0.3, 0.4) is 0 Å². The summed E-state index contributed by atoms with van der Waals surface area (Å²) in [7, 11) is 1.47. The molecule has 2 N–H and O–H groups in total. The first-order valence-corrected chi connectivity index (χ1v) is 8.06. The zero-order valence-electron chi connectivity index (χ0n) is 13.2. The molecule has 0 saturated heterocycles. The molecule has 1 saturated carbocycles. The SMILES string of the molecule is COc1ccc(F)cc1C(=O)NCCNC1CCCCCC1. The Morgan fingerprint density at radius 2 is 1.95 bits per heavy atom. The Bertz CT molecular complexity index is 486. The molecule has 0 aromatic heterocycles. The second kappa shape index (κ2) is 8.73. The van der Waals surface area contributed by atoms with Crippen molar-refractivity contribution in [1.82, 2.24) is 10.6 Å². The molecule has 1 aromatic carbocycles. The first-order chi connectivity index (χ1) is 10.7. The monoisotopic (exact) mass is 308 g/mol. The average molecular weight is 308 g/mol. The van der Waals surface area contributed by atoms with Crippen LogP contribution in [-0.2, 0) is 0 Å². The summed E-state index contributed by atoms with van der Waals surface area (Å²) >= 11 is 0. The number of hydrogen-bond acceptors (Lipinski definition) is 3. The summed E-state index contributed by atoms with van der Waals surface area (Å²) in [6, 6.07) is 4.51. The minimum atomic E-state index is -0.442. The third-order valence-electron chi connectivity index (χ3n) is 4.10. The van der Waals surface area contributed by atoms with Crippen molar-refractivity contribution in [1.29, 1.82) is 0 Å². The van der Waals surface area contributed by atoms with Crippen LogP contribution in [0, 0.1) is 5.82 Å². The molecule has 1 aromatic rings. The van der Waals surface area contributed by atoms with Gasteiger partial charge in [-0.15, -0.1) is 0 Å². The average Bonchev–Trinajstić information content (AvgIpc) is 2.80. The lowest BCUT2D eigenvalue weighted by atomic mass is 10.1. The summed E-state index contributed by atoms with van der Waals surface area (Å²) in [6.07, 6.45) is 7.65. The number of ether oxygens (including phenoxy) is 1. The van der Waals surface area contributed by atoms with Gasteiger partial charge in [-0.05, 0) is 31.0 Å². The fraction of sp³-hybridized carbons (Fsp3) is 0.588. The molecule has 0 spiro atoms. The van der Waals surface area contributed by atoms with Crippen LogP contribution in [0.2, 0.25) is 0 Å². The van der Waals surface area contributed by atoms with E-state index in [1.54, 1.807) is 0 Å². The van der Waals surface area contributed by atoms with E-state index in [9.17, 15) is 9.18 Å². The number of carbonyl (C=O) groups is 1. The molecule has 1 aliphatic rings. The summed E-state index contributed by atoms with van der Waals surface area (Å²) in [5.74, 6) is -0.364. The van der Waals surface area contributed by atoms with Gasteiger partial charge in [-0.25, -0.2) is 4.39 Å². The van der Waals surface area contributed by atoms with Gasteiger partial charge in [-0.2, -0.15) is 0 Å². The van der Waals surface area contributed by atoms with E-state index in [1.165, 1.54) is 63.8 Å². The minimum absolute atomic E-state index is 0.233. The lowest BCUT2D eigenvalue weighted by Gasteiger charge is -2.16. The molecule has 122 valence electrons. The van der Waals surface area contributed by atoms with E-state index < -0.39 is 5.82 Å². The molecule has 0 radical (unpaired) electrons. The van der Waals surface area contributed by atoms with Crippen molar-refractivity contribution >= 4 is 5.91 Å². The number of methoxy groups -OCH3 is 1. The second-order valence-corrected chi connectivity index (χ2v) is 5.74. The topological polar surface area (TPSA) is 50.4 Å². The highest BCUT2D eigenvalue weighted by Crippen LogP contribution is 2.19. The van der Waals surface area contributed by atoms with E-state index in [0.29, 0.717) is 18.3 Å². The van der Waals surface area contributed by atoms with Crippen LogP contribution in [0.5, 0.6) is 5.75 Å². The van der Waals surface area contributed by atoms with Crippen molar-refractivity contribution in [2.75, 3.05) is 20.2 Å². The summed E-state index contributed by atoms with van der Waals surface area (Å²) in [6.45, 7) is 1.25. The minimum Gasteiger partial charge on any atom is -0.496 e. The van der Waals surface area contributed by atoms with Crippen molar-refractivity contribution in [3.8, 4) is 5.75 Å². The Morgan fingerprint density at radius 3 is 2.64 bits per heavy atom. The maximum atomic E-state index is 13.3. The summed E-state index contributed by atoms with van der Waals surface area (Å²) < 4.78 is 18.4. The van der Waals surface area contributed by atoms with Crippen LogP contribution in [0.25, 0.3) is 0 Å². The maximum Gasteiger partial charge on any atom is 0.255 e. The normalized spacial score (nSPS) is 16.1. The van der Waals surface area contributed by atoms with E-state index in [0.717, 1.165) is 6.54 Å². The standard InChI is InChI=1S/C17H25FN2O2/c1-22-16-9-8-13(18)12-15(16)17(21)20-11-10-19-14-6-4-2-3-5-7-14/h8-9,12,14,19H,2-7,10-11H2,1H3,(H,20,21). The summed E-state index contributed by atoms with van der Waals surface area (Å²) in [4.78, 5) is 12.1. The maximum absolute atomic E-state index is 13.3. The van der Waals surface area contributed by atoms with Gasteiger partial charge in [-0.1, -0.05) is 25.7 Å². The van der Waals surface area contributed by atoms with Gasteiger partial charge in [0.2, 0.25) is 0 Å². The van der Waals surface area contributed by atoms with Crippen LogP contribution in [0.15, 0.2) is 18.2 Å². The first-order valence-electron chi connectivity index (χ1n) is 8.06. The Morgan fingerprint density at radius 1 is 1.23 bits per heavy atom. The predicted octanol–water partition coefficient (Wildman–Crippen LogP) is 2.88. The van der Waals surface area contributed by atoms with Gasteiger partial charge in [0.15, 0.2) is 0 Å². The van der Waals surface area contributed by atoms with Gasteiger partial charge in [0.25, 0.3) is 5.91 Å². The van der Waals surface area contributed by atoms with Crippen LogP contribution >= 0.6 is 0 Å². The lowest BCUT2D eigenvalue weighted by Crippen LogP contribution is -2.37. The fourth-order valence-corrected chi connectivity index (χ4v) is 2.89. The third-order valence-corrected chi connectivity index (χ3v) is 4.10. The summed E-state index contributed by atoms with van der Waals surface area (Å²) in [5, 5.41) is 6.30. The van der Waals surface area contributed by atoms with E-state index in [-0.39, 0.29) is 11.5 Å². The molecule has 2 rings (SSSR count). The van der Waals surface area contributed by atoms with Gasteiger partial charge >= 0.3 is 0 Å². The molecule has 0 unspecified atom stereocenters. The number of benzene rings is 1. The molecule has 1 aliphatic carbocycles. The Kier molecular flexibility index (Phi) is 6.65. The van der Waals surface area contributed by atoms with Crippen molar-refractivity contribution in [3.63, 3.8) is 0 Å². The number of halogens is 1. The molecule has 22 heavy (non-hydrogen) atoms. The molecular weight excluding hydrogens is 283 g/mol. The number of amides is 1. The van der Waals surface area contributed by atoms with Crippen molar-refractivity contribution in [3.05, 3.63) is 29.6 Å². The summed E-state index contributed by atoms with van der Waals surface area (Å²) in [5.41, 5.74) is 0.233. The van der Waals surface area contributed by atoms with Gasteiger partial charge in [-0.3, -0.25) is 4.79 Å². The van der Waals surface area contributed by atoms with Crippen molar-refractivity contribution in [2.45, 2.75) is 44.6 Å². The van der Waals surface area contributed by atoms with Gasteiger partial charge in [0.1, 0.15) is 11.6 Å². The van der Waals surface area contributed by atoms with Crippen LogP contribution in [0.4, 0.5) is 4.39 Å². The first kappa shape index (κ1) is 16.7. The molecule has 5 heteroatoms. The van der Waals surface area contributed by atoms with Crippen molar-refractivity contribution in [2.24, 2.45) is 0 Å². The largest absolute Gasteiger partial charge is 0.496 e. The van der Waals surface area contributed by atoms with Gasteiger partial charge in [0.05, 0.1) is 12.7 Å². The number of rotatable bonds is 6. The van der Waals surface area contributed by atoms with Crippen LogP contribution < -0.4 is 15.4 Å². The van der Waals surface area contributed by atoms with E-state index >= 15 is 0 Å². The van der Waals surface area contributed by atoms with Crippen LogP contribution in [-0.4, -0.2) is 32.1 Å². The Hall–Kier alpha value is -1.62. The fourth-order valence-electron chi connectivity index (χ4n) is 2.89. The van der Waals surface area contributed by atoms with E-state index in [4.69, 9.17) is 4.74 Å². The van der Waals surface area contributed by atoms with E-state index in [1.807, 2.05) is 0 Å².